The van der Waals surface area contributed by atoms with Gasteiger partial charge in [0.1, 0.15) is 5.82 Å². The zero-order chi connectivity index (χ0) is 14.5. The average Bonchev–Trinajstić information content (AvgIpc) is 2.82. The fourth-order valence-electron chi connectivity index (χ4n) is 2.01. The fourth-order valence-corrected chi connectivity index (χ4v) is 3.03. The molecule has 0 radical (unpaired) electrons. The van der Waals surface area contributed by atoms with Crippen LogP contribution in [0.3, 0.4) is 0 Å². The quantitative estimate of drug-likeness (QED) is 0.908. The summed E-state index contributed by atoms with van der Waals surface area (Å²) in [4.78, 5) is 2.65. The smallest absolute Gasteiger partial charge is 0.129 e. The number of nitrogens with zero attached hydrogens (tertiary/aromatic N) is 1. The summed E-state index contributed by atoms with van der Waals surface area (Å²) in [6.45, 7) is 4.66. The second kappa shape index (κ2) is 6.65. The van der Waals surface area contributed by atoms with Crippen molar-refractivity contribution in [2.24, 2.45) is 0 Å². The third-order valence-corrected chi connectivity index (χ3v) is 4.15. The second-order valence-electron chi connectivity index (χ2n) is 4.92. The number of thiophene rings is 1. The average molecular weight is 288 g/mol. The number of rotatable bonds is 5. The summed E-state index contributed by atoms with van der Waals surface area (Å²) < 4.78 is 13.7. The predicted octanol–water partition coefficient (Wildman–Crippen LogP) is 3.79. The van der Waals surface area contributed by atoms with Crippen LogP contribution in [0.1, 0.15) is 27.8 Å². The van der Waals surface area contributed by atoms with Crippen LogP contribution in [0.5, 0.6) is 0 Å². The Labute approximate surface area is 122 Å². The maximum atomic E-state index is 13.7. The molecule has 4 heteroatoms. The van der Waals surface area contributed by atoms with Gasteiger partial charge in [0.25, 0.3) is 0 Å². The molecule has 2 rings (SSSR count). The SMILES string of the molecule is Cc1ccc(CC(C)NCc2ccc(C#N)cc2F)s1. The molecule has 1 aromatic heterocycles. The lowest BCUT2D eigenvalue weighted by atomic mass is 10.1. The zero-order valence-electron chi connectivity index (χ0n) is 11.6. The molecule has 0 amide bonds. The Morgan fingerprint density at radius 1 is 1.35 bits per heavy atom. The van der Waals surface area contributed by atoms with E-state index < -0.39 is 0 Å². The van der Waals surface area contributed by atoms with Crippen LogP contribution in [0.25, 0.3) is 0 Å². The molecule has 0 bridgehead atoms. The van der Waals surface area contributed by atoms with E-state index in [-0.39, 0.29) is 11.9 Å². The van der Waals surface area contributed by atoms with Gasteiger partial charge in [0, 0.05) is 27.9 Å². The van der Waals surface area contributed by atoms with Gasteiger partial charge in [0.2, 0.25) is 0 Å². The van der Waals surface area contributed by atoms with Gasteiger partial charge in [-0.15, -0.1) is 11.3 Å². The van der Waals surface area contributed by atoms with Gasteiger partial charge in [-0.3, -0.25) is 0 Å². The third kappa shape index (κ3) is 3.89. The highest BCUT2D eigenvalue weighted by Crippen LogP contribution is 2.17. The van der Waals surface area contributed by atoms with Crippen LogP contribution in [-0.4, -0.2) is 6.04 Å². The van der Waals surface area contributed by atoms with Crippen molar-refractivity contribution in [1.29, 1.82) is 5.26 Å². The highest BCUT2D eigenvalue weighted by Gasteiger charge is 2.08. The molecule has 0 aliphatic heterocycles. The molecule has 1 unspecified atom stereocenters. The molecule has 0 saturated carbocycles. The van der Waals surface area contributed by atoms with E-state index in [0.29, 0.717) is 17.7 Å². The lowest BCUT2D eigenvalue weighted by molar-refractivity contribution is 0.527. The predicted molar refractivity (Wildman–Crippen MR) is 80.2 cm³/mol. The standard InChI is InChI=1S/C16H17FN2S/c1-11(7-15-6-3-12(2)20-15)19-10-14-5-4-13(9-18)8-16(14)17/h3-6,8,11,19H,7,10H2,1-2H3. The lowest BCUT2D eigenvalue weighted by Gasteiger charge is -2.13. The van der Waals surface area contributed by atoms with Gasteiger partial charge in [-0.1, -0.05) is 6.07 Å². The first-order valence-electron chi connectivity index (χ1n) is 6.55. The van der Waals surface area contributed by atoms with E-state index in [2.05, 4.69) is 31.3 Å². The summed E-state index contributed by atoms with van der Waals surface area (Å²) in [6.07, 6.45) is 0.941. The number of aryl methyl sites for hydroxylation is 1. The Morgan fingerprint density at radius 3 is 2.75 bits per heavy atom. The van der Waals surface area contributed by atoms with Gasteiger partial charge in [-0.05, 0) is 44.5 Å². The van der Waals surface area contributed by atoms with Crippen molar-refractivity contribution in [1.82, 2.24) is 5.32 Å². The van der Waals surface area contributed by atoms with E-state index in [1.165, 1.54) is 15.8 Å². The van der Waals surface area contributed by atoms with Gasteiger partial charge >= 0.3 is 0 Å². The molecule has 0 aliphatic rings. The van der Waals surface area contributed by atoms with E-state index in [4.69, 9.17) is 5.26 Å². The lowest BCUT2D eigenvalue weighted by Crippen LogP contribution is -2.27. The largest absolute Gasteiger partial charge is 0.310 e. The summed E-state index contributed by atoms with van der Waals surface area (Å²) >= 11 is 1.80. The minimum atomic E-state index is -0.323. The van der Waals surface area contributed by atoms with Crippen LogP contribution in [0, 0.1) is 24.1 Å². The van der Waals surface area contributed by atoms with Gasteiger partial charge in [-0.25, -0.2) is 4.39 Å². The summed E-state index contributed by atoms with van der Waals surface area (Å²) in [7, 11) is 0. The van der Waals surface area contributed by atoms with Crippen molar-refractivity contribution in [3.05, 3.63) is 57.0 Å². The molecular weight excluding hydrogens is 271 g/mol. The minimum Gasteiger partial charge on any atom is -0.310 e. The molecule has 0 saturated heterocycles. The molecule has 1 atom stereocenters. The first-order valence-corrected chi connectivity index (χ1v) is 7.37. The topological polar surface area (TPSA) is 35.8 Å². The van der Waals surface area contributed by atoms with E-state index in [9.17, 15) is 4.39 Å². The van der Waals surface area contributed by atoms with Crippen LogP contribution in [0.4, 0.5) is 4.39 Å². The van der Waals surface area contributed by atoms with Crippen molar-refractivity contribution in [3.63, 3.8) is 0 Å². The number of hydrogen-bond donors (Lipinski definition) is 1. The number of benzene rings is 1. The first-order chi connectivity index (χ1) is 9.58. The molecule has 2 aromatic rings. The number of nitrogens with one attached hydrogen (secondary N) is 1. The van der Waals surface area contributed by atoms with E-state index >= 15 is 0 Å². The van der Waals surface area contributed by atoms with Crippen molar-refractivity contribution in [2.45, 2.75) is 32.9 Å². The molecule has 1 heterocycles. The minimum absolute atomic E-state index is 0.281. The Morgan fingerprint density at radius 2 is 2.15 bits per heavy atom. The molecule has 1 aromatic carbocycles. The second-order valence-corrected chi connectivity index (χ2v) is 6.29. The van der Waals surface area contributed by atoms with Crippen molar-refractivity contribution >= 4 is 11.3 Å². The molecule has 1 N–H and O–H groups in total. The molecule has 0 aliphatic carbocycles. The normalized spacial score (nSPS) is 12.1. The van der Waals surface area contributed by atoms with Crippen LogP contribution < -0.4 is 5.32 Å². The highest BCUT2D eigenvalue weighted by atomic mass is 32.1. The molecular formula is C16H17FN2S. The number of halogens is 1. The van der Waals surface area contributed by atoms with Crippen LogP contribution >= 0.6 is 11.3 Å². The Balaban J connectivity index is 1.90. The molecule has 20 heavy (non-hydrogen) atoms. The maximum Gasteiger partial charge on any atom is 0.129 e. The van der Waals surface area contributed by atoms with Gasteiger partial charge < -0.3 is 5.32 Å². The van der Waals surface area contributed by atoms with Gasteiger partial charge in [-0.2, -0.15) is 5.26 Å². The van der Waals surface area contributed by atoms with Gasteiger partial charge in [0.05, 0.1) is 11.6 Å². The summed E-state index contributed by atoms with van der Waals surface area (Å²) in [5.41, 5.74) is 0.951. The molecule has 2 nitrogen and oxygen atoms in total. The molecule has 0 spiro atoms. The number of hydrogen-bond acceptors (Lipinski definition) is 3. The molecule has 0 fully saturated rings. The Hall–Kier alpha value is -1.70. The van der Waals surface area contributed by atoms with Crippen molar-refractivity contribution in [3.8, 4) is 6.07 Å². The van der Waals surface area contributed by atoms with E-state index in [1.54, 1.807) is 23.5 Å². The van der Waals surface area contributed by atoms with E-state index in [1.807, 2.05) is 6.07 Å². The van der Waals surface area contributed by atoms with Crippen LogP contribution in [-0.2, 0) is 13.0 Å². The number of nitriles is 1. The summed E-state index contributed by atoms with van der Waals surface area (Å²) in [5.74, 6) is -0.323. The Bertz CT molecular complexity index is 628. The summed E-state index contributed by atoms with van der Waals surface area (Å²) in [6, 6.07) is 11.1. The van der Waals surface area contributed by atoms with Crippen LogP contribution in [0.15, 0.2) is 30.3 Å². The monoisotopic (exact) mass is 288 g/mol. The van der Waals surface area contributed by atoms with Gasteiger partial charge in [0.15, 0.2) is 0 Å². The van der Waals surface area contributed by atoms with E-state index in [0.717, 1.165) is 6.42 Å². The van der Waals surface area contributed by atoms with Crippen LogP contribution in [0.2, 0.25) is 0 Å². The Kier molecular flexibility index (Phi) is 4.89. The highest BCUT2D eigenvalue weighted by molar-refractivity contribution is 7.11. The zero-order valence-corrected chi connectivity index (χ0v) is 12.4. The van der Waals surface area contributed by atoms with Crippen molar-refractivity contribution in [2.75, 3.05) is 0 Å². The summed E-state index contributed by atoms with van der Waals surface area (Å²) in [5, 5.41) is 12.0. The maximum absolute atomic E-state index is 13.7. The molecule has 104 valence electrons. The van der Waals surface area contributed by atoms with Crippen molar-refractivity contribution < 1.29 is 4.39 Å². The third-order valence-electron chi connectivity index (χ3n) is 3.13. The first kappa shape index (κ1) is 14.7. The fraction of sp³-hybridized carbons (Fsp3) is 0.312.